The zero-order chi connectivity index (χ0) is 11.0. The summed E-state index contributed by atoms with van der Waals surface area (Å²) in [4.78, 5) is 12.7. The number of nitrogens with two attached hydrogens (primary N) is 1. The molecule has 0 aliphatic carbocycles. The fraction of sp³-hybridized carbons (Fsp3) is 0.200. The van der Waals surface area contributed by atoms with E-state index < -0.39 is 0 Å². The molecule has 3 rings (SSSR count). The van der Waals surface area contributed by atoms with Gasteiger partial charge < -0.3 is 10.7 Å². The van der Waals surface area contributed by atoms with E-state index in [9.17, 15) is 0 Å². The molecular weight excluding hydrogens is 222 g/mol. The summed E-state index contributed by atoms with van der Waals surface area (Å²) in [7, 11) is 0. The second-order valence-corrected chi connectivity index (χ2v) is 4.32. The van der Waals surface area contributed by atoms with Gasteiger partial charge in [-0.3, -0.25) is 4.40 Å². The molecule has 3 aromatic heterocycles. The van der Waals surface area contributed by atoms with Crippen molar-refractivity contribution in [2.75, 3.05) is 6.54 Å². The van der Waals surface area contributed by atoms with Gasteiger partial charge in [0.1, 0.15) is 5.69 Å². The molecule has 0 saturated carbocycles. The van der Waals surface area contributed by atoms with Crippen molar-refractivity contribution in [2.24, 2.45) is 5.73 Å². The maximum Gasteiger partial charge on any atom is 0.194 e. The lowest BCUT2D eigenvalue weighted by molar-refractivity contribution is 0.909. The van der Waals surface area contributed by atoms with Gasteiger partial charge in [0.2, 0.25) is 0 Å². The van der Waals surface area contributed by atoms with Crippen LogP contribution in [-0.2, 0) is 6.42 Å². The Balaban J connectivity index is 2.09. The number of rotatable bonds is 3. The zero-order valence-electron chi connectivity index (χ0n) is 8.55. The number of H-pyrrole nitrogens is 1. The monoisotopic (exact) mass is 233 g/mol. The first-order valence-corrected chi connectivity index (χ1v) is 5.92. The van der Waals surface area contributed by atoms with Crippen LogP contribution in [0.3, 0.4) is 0 Å². The van der Waals surface area contributed by atoms with Gasteiger partial charge in [-0.05, 0) is 6.54 Å². The Labute approximate surface area is 96.0 Å². The normalized spacial score (nSPS) is 11.3. The number of hydrogen-bond acceptors (Lipinski definition) is 4. The average molecular weight is 233 g/mol. The maximum absolute atomic E-state index is 5.56. The molecule has 3 N–H and O–H groups in total. The minimum Gasteiger partial charge on any atom is -0.343 e. The molecule has 0 aliphatic heterocycles. The molecule has 0 atom stereocenters. The molecule has 3 heterocycles. The predicted molar refractivity (Wildman–Crippen MR) is 63.4 cm³/mol. The summed E-state index contributed by atoms with van der Waals surface area (Å²) in [6.45, 7) is 0.653. The van der Waals surface area contributed by atoms with Crippen molar-refractivity contribution in [1.82, 2.24) is 19.4 Å². The topological polar surface area (TPSA) is 72.0 Å². The summed E-state index contributed by atoms with van der Waals surface area (Å²) in [5, 5.41) is 2.10. The molecule has 0 spiro atoms. The lowest BCUT2D eigenvalue weighted by Crippen LogP contribution is -2.04. The van der Waals surface area contributed by atoms with E-state index in [4.69, 9.17) is 5.73 Å². The highest BCUT2D eigenvalue weighted by molar-refractivity contribution is 7.15. The van der Waals surface area contributed by atoms with Crippen LogP contribution in [0.1, 0.15) is 5.69 Å². The molecule has 16 heavy (non-hydrogen) atoms. The van der Waals surface area contributed by atoms with Gasteiger partial charge in [0.05, 0.1) is 0 Å². The van der Waals surface area contributed by atoms with Crippen LogP contribution in [0.15, 0.2) is 24.0 Å². The Hall–Kier alpha value is -1.66. The quantitative estimate of drug-likeness (QED) is 0.716. The Kier molecular flexibility index (Phi) is 2.23. The maximum atomic E-state index is 5.56. The number of hydrogen-bond donors (Lipinski definition) is 2. The van der Waals surface area contributed by atoms with Gasteiger partial charge >= 0.3 is 0 Å². The molecule has 0 amide bonds. The van der Waals surface area contributed by atoms with Crippen molar-refractivity contribution >= 4 is 16.3 Å². The van der Waals surface area contributed by atoms with Crippen LogP contribution in [-0.4, -0.2) is 25.9 Å². The van der Waals surface area contributed by atoms with Crippen molar-refractivity contribution in [3.8, 4) is 11.5 Å². The number of nitrogens with one attached hydrogen (secondary N) is 1. The summed E-state index contributed by atoms with van der Waals surface area (Å²) in [6.07, 6.45) is 6.39. The summed E-state index contributed by atoms with van der Waals surface area (Å²) >= 11 is 1.63. The molecule has 0 radical (unpaired) electrons. The Morgan fingerprint density at radius 1 is 1.50 bits per heavy atom. The standard InChI is InChI=1S/C10H11N5S/c11-2-1-7-6-16-10-14-8(5-15(7)10)9-12-3-4-13-9/h3-6H,1-2,11H2,(H,12,13). The second-order valence-electron chi connectivity index (χ2n) is 3.48. The average Bonchev–Trinajstić information content (AvgIpc) is 2.93. The van der Waals surface area contributed by atoms with Gasteiger partial charge in [0, 0.05) is 36.1 Å². The van der Waals surface area contributed by atoms with Gasteiger partial charge in [-0.25, -0.2) is 9.97 Å². The lowest BCUT2D eigenvalue weighted by atomic mass is 10.3. The summed E-state index contributed by atoms with van der Waals surface area (Å²) < 4.78 is 2.08. The molecule has 82 valence electrons. The van der Waals surface area contributed by atoms with E-state index in [1.807, 2.05) is 6.20 Å². The highest BCUT2D eigenvalue weighted by atomic mass is 32.1. The lowest BCUT2D eigenvalue weighted by Gasteiger charge is -1.94. The van der Waals surface area contributed by atoms with Crippen LogP contribution in [0.2, 0.25) is 0 Å². The zero-order valence-corrected chi connectivity index (χ0v) is 9.37. The van der Waals surface area contributed by atoms with Gasteiger partial charge in [-0.2, -0.15) is 0 Å². The molecule has 0 saturated heterocycles. The number of aromatic nitrogens is 4. The van der Waals surface area contributed by atoms with E-state index in [2.05, 4.69) is 24.7 Å². The summed E-state index contributed by atoms with van der Waals surface area (Å²) in [6, 6.07) is 0. The first-order valence-electron chi connectivity index (χ1n) is 5.04. The van der Waals surface area contributed by atoms with Crippen molar-refractivity contribution in [1.29, 1.82) is 0 Å². The predicted octanol–water partition coefficient (Wildman–Crippen LogP) is 1.29. The molecular formula is C10H11N5S. The highest BCUT2D eigenvalue weighted by Gasteiger charge is 2.09. The molecule has 0 aliphatic rings. The molecule has 0 unspecified atom stereocenters. The van der Waals surface area contributed by atoms with Crippen LogP contribution in [0.25, 0.3) is 16.5 Å². The van der Waals surface area contributed by atoms with Gasteiger partial charge in [0.25, 0.3) is 0 Å². The molecule has 5 nitrogen and oxygen atoms in total. The van der Waals surface area contributed by atoms with Crippen molar-refractivity contribution in [3.63, 3.8) is 0 Å². The summed E-state index contributed by atoms with van der Waals surface area (Å²) in [5.74, 6) is 0.801. The molecule has 3 aromatic rings. The van der Waals surface area contributed by atoms with Crippen LogP contribution in [0.5, 0.6) is 0 Å². The van der Waals surface area contributed by atoms with E-state index in [0.717, 1.165) is 22.9 Å². The third-order valence-corrected chi connectivity index (χ3v) is 3.31. The second kappa shape index (κ2) is 3.73. The van der Waals surface area contributed by atoms with Crippen LogP contribution >= 0.6 is 11.3 Å². The fourth-order valence-corrected chi connectivity index (χ4v) is 2.58. The molecule has 6 heteroatoms. The van der Waals surface area contributed by atoms with Gasteiger partial charge in [0.15, 0.2) is 10.8 Å². The minimum absolute atomic E-state index is 0.653. The number of nitrogens with zero attached hydrogens (tertiary/aromatic N) is 3. The third kappa shape index (κ3) is 1.43. The van der Waals surface area contributed by atoms with Crippen LogP contribution in [0.4, 0.5) is 0 Å². The Morgan fingerprint density at radius 3 is 3.19 bits per heavy atom. The fourth-order valence-electron chi connectivity index (χ4n) is 1.68. The number of imidazole rings is 2. The first-order chi connectivity index (χ1) is 7.88. The largest absolute Gasteiger partial charge is 0.343 e. The van der Waals surface area contributed by atoms with Crippen molar-refractivity contribution in [3.05, 3.63) is 29.7 Å². The van der Waals surface area contributed by atoms with Gasteiger partial charge in [-0.15, -0.1) is 11.3 Å². The third-order valence-electron chi connectivity index (χ3n) is 2.42. The van der Waals surface area contributed by atoms with Crippen LogP contribution < -0.4 is 5.73 Å². The number of fused-ring (bicyclic) bond motifs is 1. The highest BCUT2D eigenvalue weighted by Crippen LogP contribution is 2.21. The van der Waals surface area contributed by atoms with Crippen molar-refractivity contribution < 1.29 is 0 Å². The smallest absolute Gasteiger partial charge is 0.194 e. The van der Waals surface area contributed by atoms with E-state index in [1.165, 1.54) is 5.69 Å². The number of aromatic amines is 1. The van der Waals surface area contributed by atoms with E-state index in [0.29, 0.717) is 6.54 Å². The number of thiazole rings is 1. The SMILES string of the molecule is NCCc1csc2nc(-c3ncc[nH]3)cn12. The van der Waals surface area contributed by atoms with Crippen LogP contribution in [0, 0.1) is 0 Å². The molecule has 0 bridgehead atoms. The molecule has 0 fully saturated rings. The minimum atomic E-state index is 0.653. The van der Waals surface area contributed by atoms with E-state index >= 15 is 0 Å². The van der Waals surface area contributed by atoms with E-state index in [-0.39, 0.29) is 0 Å². The van der Waals surface area contributed by atoms with Crippen molar-refractivity contribution in [2.45, 2.75) is 6.42 Å². The van der Waals surface area contributed by atoms with E-state index in [1.54, 1.807) is 23.7 Å². The Bertz CT molecular complexity index is 592. The molecule has 0 aromatic carbocycles. The Morgan fingerprint density at radius 2 is 2.44 bits per heavy atom. The first kappa shape index (κ1) is 9.56. The summed E-state index contributed by atoms with van der Waals surface area (Å²) in [5.41, 5.74) is 7.64. The van der Waals surface area contributed by atoms with Gasteiger partial charge in [-0.1, -0.05) is 0 Å².